The van der Waals surface area contributed by atoms with Crippen LogP contribution in [0.2, 0.25) is 0 Å². The van der Waals surface area contributed by atoms with E-state index in [2.05, 4.69) is 9.84 Å². The maximum Gasteiger partial charge on any atom is 0.573 e. The molecule has 0 spiro atoms. The van der Waals surface area contributed by atoms with E-state index in [0.29, 0.717) is 0 Å². The quantitative estimate of drug-likeness (QED) is 0.406. The lowest BCUT2D eigenvalue weighted by molar-refractivity contribution is -0.274. The summed E-state index contributed by atoms with van der Waals surface area (Å²) in [7, 11) is 0. The van der Waals surface area contributed by atoms with Crippen LogP contribution in [0.25, 0.3) is 16.6 Å². The van der Waals surface area contributed by atoms with Crippen molar-refractivity contribution in [1.29, 1.82) is 0 Å². The summed E-state index contributed by atoms with van der Waals surface area (Å²) in [5.41, 5.74) is -0.685. The second-order valence-electron chi connectivity index (χ2n) is 7.00. The molecule has 1 saturated carbocycles. The van der Waals surface area contributed by atoms with Crippen LogP contribution in [0.15, 0.2) is 52.2 Å². The number of carbonyl (C=O) groups excluding carboxylic acids is 1. The first-order chi connectivity index (χ1) is 15.2. The van der Waals surface area contributed by atoms with Crippen molar-refractivity contribution in [3.8, 4) is 11.4 Å². The molecule has 4 rings (SSSR count). The van der Waals surface area contributed by atoms with Gasteiger partial charge in [0, 0.05) is 12.8 Å². The van der Waals surface area contributed by atoms with Crippen LogP contribution in [-0.2, 0) is 15.9 Å². The third-order valence-electron chi connectivity index (χ3n) is 4.70. The van der Waals surface area contributed by atoms with Gasteiger partial charge in [0.15, 0.2) is 4.90 Å². The van der Waals surface area contributed by atoms with E-state index in [0.717, 1.165) is 25.0 Å². The van der Waals surface area contributed by atoms with Crippen molar-refractivity contribution in [3.05, 3.63) is 58.4 Å². The number of hydrogen-bond donors (Lipinski definition) is 0. The number of benzene rings is 2. The fourth-order valence-electron chi connectivity index (χ4n) is 3.19. The maximum absolute atomic E-state index is 13.2. The average Bonchev–Trinajstić information content (AvgIpc) is 3.58. The molecule has 11 heteroatoms. The molecule has 168 valence electrons. The molecule has 1 heterocycles. The van der Waals surface area contributed by atoms with Crippen molar-refractivity contribution in [2.24, 2.45) is 0 Å². The van der Waals surface area contributed by atoms with Crippen LogP contribution in [-0.4, -0.2) is 38.5 Å². The largest absolute Gasteiger partial charge is 0.611 e. The van der Waals surface area contributed by atoms with Gasteiger partial charge in [0.25, 0.3) is 0 Å². The molecule has 0 N–H and O–H groups in total. The highest BCUT2D eigenvalue weighted by atomic mass is 32.2. The molecule has 1 fully saturated rings. The minimum Gasteiger partial charge on any atom is -0.611 e. The summed E-state index contributed by atoms with van der Waals surface area (Å²) < 4.78 is 60.4. The standard InChI is InChI=1S/C21H17F3N2O5S/c1-2-30-20(28)18-19(27)17-15(4-3-5-16(17)32(29)14-10-11-14)26(25-18)12-6-8-13(9-7-12)31-21(22,23)24/h3-9,14H,2,10-11H2,1H3. The summed E-state index contributed by atoms with van der Waals surface area (Å²) >= 11 is -1.45. The van der Waals surface area contributed by atoms with Crippen LogP contribution in [0.4, 0.5) is 13.2 Å². The highest BCUT2D eigenvalue weighted by molar-refractivity contribution is 7.92. The maximum atomic E-state index is 13.2. The third-order valence-corrected chi connectivity index (χ3v) is 6.55. The molecule has 0 aliphatic heterocycles. The van der Waals surface area contributed by atoms with Gasteiger partial charge >= 0.3 is 12.3 Å². The van der Waals surface area contributed by atoms with Crippen LogP contribution in [0.3, 0.4) is 0 Å². The minimum absolute atomic E-state index is 0.0110. The lowest BCUT2D eigenvalue weighted by Crippen LogP contribution is -2.26. The third kappa shape index (κ3) is 4.44. The summed E-state index contributed by atoms with van der Waals surface area (Å²) in [6.45, 7) is 1.58. The molecule has 1 unspecified atom stereocenters. The lowest BCUT2D eigenvalue weighted by atomic mass is 10.2. The molecule has 0 bridgehead atoms. The Morgan fingerprint density at radius 1 is 1.22 bits per heavy atom. The van der Waals surface area contributed by atoms with E-state index in [1.165, 1.54) is 16.8 Å². The van der Waals surface area contributed by atoms with E-state index in [1.54, 1.807) is 25.1 Å². The summed E-state index contributed by atoms with van der Waals surface area (Å²) in [4.78, 5) is 25.8. The predicted molar refractivity (Wildman–Crippen MR) is 109 cm³/mol. The van der Waals surface area contributed by atoms with Crippen molar-refractivity contribution in [1.82, 2.24) is 9.78 Å². The van der Waals surface area contributed by atoms with Gasteiger partial charge in [-0.15, -0.1) is 13.2 Å². The van der Waals surface area contributed by atoms with Gasteiger partial charge in [-0.05, 0) is 54.5 Å². The summed E-state index contributed by atoms with van der Waals surface area (Å²) in [6.07, 6.45) is -3.30. The highest BCUT2D eigenvalue weighted by Crippen LogP contribution is 2.36. The summed E-state index contributed by atoms with van der Waals surface area (Å²) in [5.74, 6) is -1.38. The van der Waals surface area contributed by atoms with Crippen LogP contribution >= 0.6 is 0 Å². The minimum atomic E-state index is -4.84. The molecule has 1 aromatic heterocycles. The Morgan fingerprint density at radius 3 is 2.50 bits per heavy atom. The molecule has 2 aromatic carbocycles. The van der Waals surface area contributed by atoms with Gasteiger partial charge in [-0.1, -0.05) is 6.07 Å². The molecule has 0 saturated heterocycles. The molecule has 32 heavy (non-hydrogen) atoms. The van der Waals surface area contributed by atoms with E-state index in [-0.39, 0.29) is 33.3 Å². The molecular weight excluding hydrogens is 449 g/mol. The first-order valence-electron chi connectivity index (χ1n) is 9.69. The van der Waals surface area contributed by atoms with E-state index in [4.69, 9.17) is 4.74 Å². The number of carbonyl (C=O) groups is 1. The SMILES string of the molecule is CCOC(=O)c1nn(-c2ccc(OC(F)(F)F)cc2)c2cccc([S+]([O-])C3CC3)c2c1=O. The Morgan fingerprint density at radius 2 is 1.91 bits per heavy atom. The molecule has 1 atom stereocenters. The topological polar surface area (TPSA) is 93.5 Å². The number of rotatable bonds is 6. The molecule has 3 aromatic rings. The Kier molecular flexibility index (Phi) is 5.87. The Balaban J connectivity index is 1.91. The Bertz CT molecular complexity index is 1220. The van der Waals surface area contributed by atoms with E-state index in [9.17, 15) is 27.3 Å². The van der Waals surface area contributed by atoms with Crippen LogP contribution in [0, 0.1) is 0 Å². The Labute approximate surface area is 182 Å². The molecule has 0 radical (unpaired) electrons. The lowest BCUT2D eigenvalue weighted by Gasteiger charge is -2.16. The van der Waals surface area contributed by atoms with Crippen molar-refractivity contribution < 1.29 is 32.0 Å². The normalized spacial score (nSPS) is 14.9. The summed E-state index contributed by atoms with van der Waals surface area (Å²) in [6, 6.07) is 9.52. The first kappa shape index (κ1) is 22.2. The number of ether oxygens (including phenoxy) is 2. The number of esters is 1. The average molecular weight is 466 g/mol. The van der Waals surface area contributed by atoms with Gasteiger partial charge in [-0.2, -0.15) is 5.10 Å². The van der Waals surface area contributed by atoms with Crippen molar-refractivity contribution >= 4 is 28.0 Å². The fourth-order valence-corrected chi connectivity index (χ4v) is 4.72. The van der Waals surface area contributed by atoms with Crippen LogP contribution in [0.1, 0.15) is 30.3 Å². The van der Waals surface area contributed by atoms with Gasteiger partial charge in [0.2, 0.25) is 11.1 Å². The van der Waals surface area contributed by atoms with Gasteiger partial charge in [-0.3, -0.25) is 4.79 Å². The van der Waals surface area contributed by atoms with Gasteiger partial charge in [0.05, 0.1) is 17.8 Å². The number of nitrogens with zero attached hydrogens (tertiary/aromatic N) is 2. The number of alkyl halides is 3. The first-order valence-corrected chi connectivity index (χ1v) is 10.9. The zero-order chi connectivity index (χ0) is 23.0. The monoisotopic (exact) mass is 466 g/mol. The van der Waals surface area contributed by atoms with Crippen LogP contribution in [0.5, 0.6) is 5.75 Å². The summed E-state index contributed by atoms with van der Waals surface area (Å²) in [5, 5.41) is 4.12. The van der Waals surface area contributed by atoms with Gasteiger partial charge in [0.1, 0.15) is 16.4 Å². The zero-order valence-electron chi connectivity index (χ0n) is 16.7. The Hall–Kier alpha value is -3.05. The number of fused-ring (bicyclic) bond motifs is 1. The van der Waals surface area contributed by atoms with E-state index in [1.807, 2.05) is 0 Å². The second-order valence-corrected chi connectivity index (χ2v) is 8.70. The van der Waals surface area contributed by atoms with E-state index >= 15 is 0 Å². The van der Waals surface area contributed by atoms with Crippen molar-refractivity contribution in [2.75, 3.05) is 6.61 Å². The fraction of sp³-hybridized carbons (Fsp3) is 0.286. The zero-order valence-corrected chi connectivity index (χ0v) is 17.5. The highest BCUT2D eigenvalue weighted by Gasteiger charge is 2.38. The molecule has 7 nitrogen and oxygen atoms in total. The van der Waals surface area contributed by atoms with Crippen molar-refractivity contribution in [2.45, 2.75) is 36.3 Å². The van der Waals surface area contributed by atoms with Gasteiger partial charge < -0.3 is 14.0 Å². The second kappa shape index (κ2) is 8.47. The predicted octanol–water partition coefficient (Wildman–Crippen LogP) is 3.73. The van der Waals surface area contributed by atoms with Crippen molar-refractivity contribution in [3.63, 3.8) is 0 Å². The number of hydrogen-bond acceptors (Lipinski definition) is 6. The number of aromatic nitrogens is 2. The van der Waals surface area contributed by atoms with Crippen LogP contribution < -0.4 is 10.2 Å². The molecular formula is C21H17F3N2O5S. The van der Waals surface area contributed by atoms with E-state index < -0.39 is 40.4 Å². The van der Waals surface area contributed by atoms with Gasteiger partial charge in [-0.25, -0.2) is 9.48 Å². The molecule has 1 aliphatic carbocycles. The molecule has 1 aliphatic rings. The molecule has 0 amide bonds. The number of halogens is 3. The smallest absolute Gasteiger partial charge is 0.573 e.